The normalized spacial score (nSPS) is 33.9. The largest absolute Gasteiger partial charge is 0.477 e. The molecule has 2 amide bonds. The van der Waals surface area contributed by atoms with E-state index in [1.165, 1.54) is 21.5 Å². The molecule has 0 saturated carbocycles. The van der Waals surface area contributed by atoms with E-state index in [1.54, 1.807) is 11.8 Å². The van der Waals surface area contributed by atoms with E-state index in [4.69, 9.17) is 11.5 Å². The molecular formula is C20H29N9O4S. The van der Waals surface area contributed by atoms with Gasteiger partial charge in [0.1, 0.15) is 5.70 Å². The molecule has 0 spiro atoms. The van der Waals surface area contributed by atoms with Crippen molar-refractivity contribution in [2.75, 3.05) is 25.4 Å². The number of β-lactam (4-membered cyclic amide) rings is 1. The number of anilines is 1. The van der Waals surface area contributed by atoms with Gasteiger partial charge in [-0.3, -0.25) is 9.59 Å². The molecule has 5 heterocycles. The van der Waals surface area contributed by atoms with Gasteiger partial charge in [0.2, 0.25) is 11.8 Å². The summed E-state index contributed by atoms with van der Waals surface area (Å²) in [5, 5.41) is 24.9. The summed E-state index contributed by atoms with van der Waals surface area (Å²) in [5.74, 6) is -1.97. The maximum atomic E-state index is 13.0. The van der Waals surface area contributed by atoms with Gasteiger partial charge < -0.3 is 31.7 Å². The summed E-state index contributed by atoms with van der Waals surface area (Å²) in [6.07, 6.45) is 1.41. The van der Waals surface area contributed by atoms with Gasteiger partial charge in [-0.1, -0.05) is 12.0 Å². The summed E-state index contributed by atoms with van der Waals surface area (Å²) in [7, 11) is 0. The maximum absolute atomic E-state index is 13.0. The lowest BCUT2D eigenvalue weighted by atomic mass is 9.78. The van der Waals surface area contributed by atoms with Crippen molar-refractivity contribution in [3.05, 3.63) is 10.6 Å². The van der Waals surface area contributed by atoms with Crippen molar-refractivity contribution in [1.82, 2.24) is 35.3 Å². The Labute approximate surface area is 200 Å². The van der Waals surface area contributed by atoms with Crippen LogP contribution < -0.4 is 16.8 Å². The molecule has 34 heavy (non-hydrogen) atoms. The van der Waals surface area contributed by atoms with Crippen molar-refractivity contribution in [2.24, 2.45) is 17.6 Å². The summed E-state index contributed by atoms with van der Waals surface area (Å²) >= 11 is 1.46. The van der Waals surface area contributed by atoms with Gasteiger partial charge in [0.05, 0.1) is 24.0 Å². The van der Waals surface area contributed by atoms with Crippen LogP contribution in [0.5, 0.6) is 0 Å². The number of carboxylic acids is 1. The minimum absolute atomic E-state index is 0.0179. The van der Waals surface area contributed by atoms with Gasteiger partial charge in [0.25, 0.3) is 5.95 Å². The Bertz CT molecular complexity index is 1060. The second kappa shape index (κ2) is 8.50. The van der Waals surface area contributed by atoms with E-state index in [0.717, 1.165) is 6.42 Å². The van der Waals surface area contributed by atoms with E-state index in [2.05, 4.69) is 20.7 Å². The zero-order chi connectivity index (χ0) is 24.3. The number of hydrogen-bond acceptors (Lipinski definition) is 10. The number of rotatable bonds is 6. The molecule has 0 aromatic carbocycles. The topological polar surface area (TPSA) is 186 Å². The Morgan fingerprint density at radius 2 is 2.12 bits per heavy atom. The monoisotopic (exact) mass is 491 g/mol. The number of nitrogens with zero attached hydrogens (tertiary/aromatic N) is 6. The number of hydrogen-bond donors (Lipinski definition) is 4. The van der Waals surface area contributed by atoms with Gasteiger partial charge in [0, 0.05) is 41.7 Å². The molecule has 3 saturated heterocycles. The first-order valence-corrected chi connectivity index (χ1v) is 12.3. The number of aliphatic carboxylic acids is 1. The molecule has 4 aliphatic rings. The van der Waals surface area contributed by atoms with Crippen LogP contribution in [0.4, 0.5) is 5.95 Å². The third-order valence-corrected chi connectivity index (χ3v) is 8.85. The molecule has 3 fully saturated rings. The van der Waals surface area contributed by atoms with Crippen molar-refractivity contribution in [1.29, 1.82) is 0 Å². The van der Waals surface area contributed by atoms with E-state index in [9.17, 15) is 19.5 Å². The van der Waals surface area contributed by atoms with Crippen molar-refractivity contribution < 1.29 is 19.5 Å². The summed E-state index contributed by atoms with van der Waals surface area (Å²) in [4.78, 5) is 43.3. The second-order valence-corrected chi connectivity index (χ2v) is 10.9. The van der Waals surface area contributed by atoms with Crippen LogP contribution in [0.25, 0.3) is 0 Å². The molecule has 1 aromatic rings. The van der Waals surface area contributed by atoms with Crippen LogP contribution in [0.3, 0.4) is 0 Å². The van der Waals surface area contributed by atoms with E-state index >= 15 is 0 Å². The average Bonchev–Trinajstić information content (AvgIpc) is 3.56. The standard InChI is InChI=1S/C20H29N9O4S/c1-8-14-13(9(2)29-25-20(22)24-26-29)18(31)28(14)15(19(32)33)16(8)34-11-5-12(23-6-11)17(30)27-4-3-10(21)7-27/h8-14,23H,3-7,21H2,1-2H3,(H2,22,25)(H,32,33)/t8-,9-,10?,11+,12+,13-,14-/m1/s1. The van der Waals surface area contributed by atoms with Crippen LogP contribution in [0, 0.1) is 11.8 Å². The fourth-order valence-electron chi connectivity index (χ4n) is 5.60. The first-order chi connectivity index (χ1) is 16.2. The van der Waals surface area contributed by atoms with Crippen LogP contribution in [-0.2, 0) is 14.4 Å². The van der Waals surface area contributed by atoms with Gasteiger partial charge in [-0.15, -0.1) is 16.9 Å². The van der Waals surface area contributed by atoms with Crippen molar-refractivity contribution in [3.63, 3.8) is 0 Å². The Hall–Kier alpha value is -2.71. The molecule has 5 rings (SSSR count). The maximum Gasteiger partial charge on any atom is 0.353 e. The second-order valence-electron chi connectivity index (χ2n) is 9.51. The number of nitrogen functional groups attached to an aromatic ring is 1. The summed E-state index contributed by atoms with van der Waals surface area (Å²) in [5.41, 5.74) is 11.6. The number of aromatic nitrogens is 4. The summed E-state index contributed by atoms with van der Waals surface area (Å²) in [6, 6.07) is -0.994. The molecular weight excluding hydrogens is 462 g/mol. The van der Waals surface area contributed by atoms with Gasteiger partial charge in [-0.25, -0.2) is 4.79 Å². The molecule has 1 unspecified atom stereocenters. The van der Waals surface area contributed by atoms with Crippen molar-refractivity contribution in [3.8, 4) is 0 Å². The van der Waals surface area contributed by atoms with Gasteiger partial charge in [-0.05, 0) is 25.0 Å². The number of carbonyl (C=O) groups is 3. The first-order valence-electron chi connectivity index (χ1n) is 11.5. The number of fused-ring (bicyclic) bond motifs is 1. The van der Waals surface area contributed by atoms with Crippen LogP contribution in [0.1, 0.15) is 32.7 Å². The zero-order valence-electron chi connectivity index (χ0n) is 19.0. The molecule has 7 atom stereocenters. The molecule has 1 aromatic heterocycles. The predicted octanol–water partition coefficient (Wildman–Crippen LogP) is -1.39. The summed E-state index contributed by atoms with van der Waals surface area (Å²) < 4.78 is 0. The third kappa shape index (κ3) is 3.64. The van der Waals surface area contributed by atoms with Gasteiger partial charge in [0.15, 0.2) is 0 Å². The highest BCUT2D eigenvalue weighted by atomic mass is 32.2. The van der Waals surface area contributed by atoms with E-state index in [1.807, 2.05) is 6.92 Å². The van der Waals surface area contributed by atoms with Crippen molar-refractivity contribution in [2.45, 2.75) is 56.1 Å². The lowest BCUT2D eigenvalue weighted by Gasteiger charge is -2.47. The van der Waals surface area contributed by atoms with Gasteiger partial charge in [-0.2, -0.15) is 4.80 Å². The number of nitrogens with two attached hydrogens (primary N) is 2. The van der Waals surface area contributed by atoms with Crippen molar-refractivity contribution >= 4 is 35.5 Å². The van der Waals surface area contributed by atoms with E-state index < -0.39 is 17.9 Å². The molecule has 6 N–H and O–H groups in total. The summed E-state index contributed by atoms with van der Waals surface area (Å²) in [6.45, 7) is 5.59. The van der Waals surface area contributed by atoms with Gasteiger partial charge >= 0.3 is 5.97 Å². The number of likely N-dealkylation sites (tertiary alicyclic amines) is 1. The fraction of sp³-hybridized carbons (Fsp3) is 0.700. The number of tetrazole rings is 1. The Morgan fingerprint density at radius 3 is 2.74 bits per heavy atom. The number of nitrogens with one attached hydrogen (secondary N) is 1. The Balaban J connectivity index is 1.30. The lowest BCUT2D eigenvalue weighted by molar-refractivity contribution is -0.159. The van der Waals surface area contributed by atoms with Crippen LogP contribution in [0.2, 0.25) is 0 Å². The van der Waals surface area contributed by atoms with Crippen LogP contribution in [-0.4, -0.2) is 95.9 Å². The van der Waals surface area contributed by atoms with E-state index in [0.29, 0.717) is 31.0 Å². The highest BCUT2D eigenvalue weighted by Gasteiger charge is 2.61. The molecule has 0 bridgehead atoms. The Kier molecular flexibility index (Phi) is 5.76. The lowest BCUT2D eigenvalue weighted by Crippen LogP contribution is -2.62. The SMILES string of the molecule is C[C@H]([C@H]1C(=O)N2C(C(=O)O)=C(S[C@@H]3CN[C@H](C(=O)N4CCC(N)C4)C3)[C@H](C)[C@H]12)n1nnc(N)n1. The highest BCUT2D eigenvalue weighted by Crippen LogP contribution is 2.53. The molecule has 13 nitrogen and oxygen atoms in total. The predicted molar refractivity (Wildman–Crippen MR) is 122 cm³/mol. The Morgan fingerprint density at radius 1 is 1.35 bits per heavy atom. The quantitative estimate of drug-likeness (QED) is 0.343. The average molecular weight is 492 g/mol. The number of carbonyl (C=O) groups excluding carboxylic acids is 2. The number of carboxylic acid groups (broad SMARTS) is 1. The number of amides is 2. The molecule has 14 heteroatoms. The van der Waals surface area contributed by atoms with Crippen LogP contribution >= 0.6 is 11.8 Å². The smallest absolute Gasteiger partial charge is 0.353 e. The van der Waals surface area contributed by atoms with E-state index in [-0.39, 0.29) is 52.8 Å². The molecule has 4 aliphatic heterocycles. The first kappa shape index (κ1) is 23.1. The minimum Gasteiger partial charge on any atom is -0.477 e. The fourth-order valence-corrected chi connectivity index (χ4v) is 7.08. The molecule has 184 valence electrons. The van der Waals surface area contributed by atoms with Crippen LogP contribution in [0.15, 0.2) is 10.6 Å². The third-order valence-electron chi connectivity index (χ3n) is 7.34. The highest BCUT2D eigenvalue weighted by molar-refractivity contribution is 8.03. The molecule has 0 aliphatic carbocycles. The molecule has 0 radical (unpaired) electrons. The zero-order valence-corrected chi connectivity index (χ0v) is 19.8. The number of thioether (sulfide) groups is 1. The minimum atomic E-state index is -1.12.